The molecule has 0 spiro atoms. The number of hydrogen-bond acceptors (Lipinski definition) is 2. The molecule has 2 nitrogen and oxygen atoms in total. The van der Waals surface area contributed by atoms with E-state index in [1.54, 1.807) is 6.20 Å². The average molecular weight is 653 g/mol. The summed E-state index contributed by atoms with van der Waals surface area (Å²) in [5.41, 5.74) is 8.72. The van der Waals surface area contributed by atoms with E-state index >= 15 is 0 Å². The maximum Gasteiger partial charge on any atom is 0.0239 e. The minimum Gasteiger partial charge on any atom is -0.305 e. The first-order valence-corrected chi connectivity index (χ1v) is 11.8. The normalized spacial score (nSPS) is 9.95. The van der Waals surface area contributed by atoms with Gasteiger partial charge in [-0.15, -0.1) is 71.8 Å². The van der Waals surface area contributed by atoms with Crippen molar-refractivity contribution in [2.75, 3.05) is 0 Å². The Balaban J connectivity index is 0.000000208. The van der Waals surface area contributed by atoms with Crippen LogP contribution in [0.25, 0.3) is 44.8 Å². The molecule has 2 aromatic heterocycles. The smallest absolute Gasteiger partial charge is 0.0239 e. The first-order chi connectivity index (χ1) is 17.9. The van der Waals surface area contributed by atoms with Gasteiger partial charge < -0.3 is 9.97 Å². The van der Waals surface area contributed by atoms with Gasteiger partial charge in [-0.25, -0.2) is 0 Å². The first kappa shape index (κ1) is 25.9. The quantitative estimate of drug-likeness (QED) is 0.179. The van der Waals surface area contributed by atoms with Crippen molar-refractivity contribution in [3.63, 3.8) is 0 Å². The summed E-state index contributed by atoms with van der Waals surface area (Å²) in [5.74, 6) is 0. The van der Waals surface area contributed by atoms with E-state index in [-0.39, 0.29) is 20.1 Å². The molecule has 0 saturated heterocycles. The van der Waals surface area contributed by atoms with Crippen molar-refractivity contribution in [2.45, 2.75) is 0 Å². The second-order valence-corrected chi connectivity index (χ2v) is 8.14. The van der Waals surface area contributed by atoms with Crippen LogP contribution in [0.1, 0.15) is 0 Å². The molecule has 6 aromatic rings. The first-order valence-electron chi connectivity index (χ1n) is 11.8. The Hall–Kier alpha value is -4.17. The summed E-state index contributed by atoms with van der Waals surface area (Å²) < 4.78 is 0. The minimum absolute atomic E-state index is 0. The summed E-state index contributed by atoms with van der Waals surface area (Å²) in [6.45, 7) is 0. The van der Waals surface area contributed by atoms with E-state index in [1.807, 2.05) is 85.1 Å². The zero-order valence-electron chi connectivity index (χ0n) is 20.1. The van der Waals surface area contributed by atoms with E-state index < -0.39 is 0 Å². The molecule has 0 saturated carbocycles. The van der Waals surface area contributed by atoms with E-state index in [1.165, 1.54) is 16.7 Å². The topological polar surface area (TPSA) is 25.8 Å². The van der Waals surface area contributed by atoms with E-state index in [0.717, 1.165) is 28.1 Å². The van der Waals surface area contributed by atoms with Gasteiger partial charge in [-0.1, -0.05) is 78.9 Å². The second kappa shape index (κ2) is 13.2. The van der Waals surface area contributed by atoms with Gasteiger partial charge >= 0.3 is 0 Å². The average Bonchev–Trinajstić information content (AvgIpc) is 2.99. The summed E-state index contributed by atoms with van der Waals surface area (Å²) in [5, 5.41) is 0. The minimum atomic E-state index is 0. The maximum atomic E-state index is 4.57. The molecule has 0 aliphatic carbocycles. The summed E-state index contributed by atoms with van der Waals surface area (Å²) in [6, 6.07) is 51.1. The molecule has 37 heavy (non-hydrogen) atoms. The maximum absolute atomic E-state index is 4.57. The van der Waals surface area contributed by atoms with Crippen molar-refractivity contribution < 1.29 is 20.1 Å². The molecule has 0 aliphatic rings. The van der Waals surface area contributed by atoms with Crippen LogP contribution in [-0.2, 0) is 20.1 Å². The summed E-state index contributed by atoms with van der Waals surface area (Å²) in [4.78, 5) is 8.79. The monoisotopic (exact) mass is 653 g/mol. The number of benzene rings is 4. The Morgan fingerprint density at radius 2 is 0.919 bits per heavy atom. The number of hydrogen-bond donors (Lipinski definition) is 0. The number of nitrogens with zero attached hydrogens (tertiary/aromatic N) is 2. The SMILES string of the molecule is [Ir].[c-]1ccccc1-c1ccc(-c2ccc(-c3ccccc3)cc2)cn1.[c-]1ccccc1-c1ccccn1. The van der Waals surface area contributed by atoms with Gasteiger partial charge in [0.05, 0.1) is 0 Å². The Kier molecular flexibility index (Phi) is 9.26. The van der Waals surface area contributed by atoms with E-state index in [9.17, 15) is 0 Å². The van der Waals surface area contributed by atoms with Crippen LogP contribution < -0.4 is 0 Å². The van der Waals surface area contributed by atoms with Gasteiger partial charge in [0.2, 0.25) is 0 Å². The van der Waals surface area contributed by atoms with Crippen LogP contribution in [0.5, 0.6) is 0 Å². The van der Waals surface area contributed by atoms with Crippen molar-refractivity contribution in [1.82, 2.24) is 9.97 Å². The summed E-state index contributed by atoms with van der Waals surface area (Å²) in [7, 11) is 0. The predicted molar refractivity (Wildman–Crippen MR) is 148 cm³/mol. The fourth-order valence-electron chi connectivity index (χ4n) is 3.84. The molecule has 0 bridgehead atoms. The molecule has 0 unspecified atom stereocenters. The van der Waals surface area contributed by atoms with Crippen molar-refractivity contribution >= 4 is 0 Å². The van der Waals surface area contributed by atoms with Crippen molar-refractivity contribution in [3.8, 4) is 44.8 Å². The molecule has 0 amide bonds. The Morgan fingerprint density at radius 3 is 1.43 bits per heavy atom. The van der Waals surface area contributed by atoms with Crippen molar-refractivity contribution in [3.05, 3.63) is 158 Å². The molecule has 6 rings (SSSR count). The van der Waals surface area contributed by atoms with E-state index in [4.69, 9.17) is 0 Å². The Morgan fingerprint density at radius 1 is 0.405 bits per heavy atom. The number of rotatable bonds is 4. The molecule has 3 heteroatoms. The van der Waals surface area contributed by atoms with E-state index in [2.05, 4.69) is 76.7 Å². The Bertz CT molecular complexity index is 1350. The number of aromatic nitrogens is 2. The molecular formula is C34H24IrN2-2. The van der Waals surface area contributed by atoms with Crippen LogP contribution >= 0.6 is 0 Å². The van der Waals surface area contributed by atoms with Crippen LogP contribution in [0, 0.1) is 12.1 Å². The molecule has 2 heterocycles. The second-order valence-electron chi connectivity index (χ2n) is 8.14. The standard InChI is InChI=1S/C23H16N.C11H8N.Ir/c1-3-7-18(8-4-1)19-11-13-20(14-12-19)22-15-16-23(24-17-22)21-9-5-2-6-10-21;1-2-6-10(7-3-1)11-8-4-5-9-12-11;/h1-9,11-17H;1-6,8-9H;/q2*-1;. The third kappa shape index (κ3) is 6.95. The van der Waals surface area contributed by atoms with E-state index in [0.29, 0.717) is 0 Å². The molecule has 4 aromatic carbocycles. The zero-order chi connectivity index (χ0) is 24.4. The van der Waals surface area contributed by atoms with Crippen LogP contribution in [0.4, 0.5) is 0 Å². The molecule has 0 atom stereocenters. The van der Waals surface area contributed by atoms with Gasteiger partial charge in [0, 0.05) is 32.5 Å². The van der Waals surface area contributed by atoms with Crippen LogP contribution in [0.2, 0.25) is 0 Å². The molecule has 0 aliphatic heterocycles. The fourth-order valence-corrected chi connectivity index (χ4v) is 3.84. The van der Waals surface area contributed by atoms with Gasteiger partial charge in [-0.05, 0) is 39.7 Å². The van der Waals surface area contributed by atoms with Crippen molar-refractivity contribution in [2.24, 2.45) is 0 Å². The zero-order valence-corrected chi connectivity index (χ0v) is 22.5. The fraction of sp³-hybridized carbons (Fsp3) is 0. The van der Waals surface area contributed by atoms with Crippen LogP contribution in [-0.4, -0.2) is 9.97 Å². The van der Waals surface area contributed by atoms with Crippen LogP contribution in [0.15, 0.2) is 146 Å². The van der Waals surface area contributed by atoms with Gasteiger partial charge in [-0.3, -0.25) is 0 Å². The molecule has 181 valence electrons. The largest absolute Gasteiger partial charge is 0.305 e. The molecular weight excluding hydrogens is 629 g/mol. The number of pyridine rings is 2. The predicted octanol–water partition coefficient (Wildman–Crippen LogP) is 8.43. The van der Waals surface area contributed by atoms with Crippen molar-refractivity contribution in [1.29, 1.82) is 0 Å². The molecule has 0 N–H and O–H groups in total. The Labute approximate surface area is 232 Å². The molecule has 0 fully saturated rings. The van der Waals surface area contributed by atoms with Gasteiger partial charge in [0.25, 0.3) is 0 Å². The summed E-state index contributed by atoms with van der Waals surface area (Å²) >= 11 is 0. The van der Waals surface area contributed by atoms with Gasteiger partial charge in [0.15, 0.2) is 0 Å². The van der Waals surface area contributed by atoms with Gasteiger partial charge in [-0.2, -0.15) is 0 Å². The molecule has 1 radical (unpaired) electrons. The van der Waals surface area contributed by atoms with Gasteiger partial charge in [0.1, 0.15) is 0 Å². The van der Waals surface area contributed by atoms with Crippen LogP contribution in [0.3, 0.4) is 0 Å². The third-order valence-corrected chi connectivity index (χ3v) is 5.72. The summed E-state index contributed by atoms with van der Waals surface area (Å²) in [6.07, 6.45) is 3.71. The third-order valence-electron chi connectivity index (χ3n) is 5.72.